The highest BCUT2D eigenvalue weighted by Gasteiger charge is 2.21. The van der Waals surface area contributed by atoms with Gasteiger partial charge < -0.3 is 19.1 Å². The molecule has 2 aliphatic heterocycles. The molecule has 4 rings (SSSR count). The van der Waals surface area contributed by atoms with E-state index in [0.717, 1.165) is 37.0 Å². The number of aryl methyl sites for hydroxylation is 1. The van der Waals surface area contributed by atoms with Crippen LogP contribution in [0.3, 0.4) is 0 Å². The average molecular weight is 370 g/mol. The van der Waals surface area contributed by atoms with Gasteiger partial charge in [-0.25, -0.2) is 4.98 Å². The zero-order chi connectivity index (χ0) is 18.6. The molecule has 1 aromatic heterocycles. The van der Waals surface area contributed by atoms with Crippen LogP contribution in [0.1, 0.15) is 25.7 Å². The number of carbonyl (C=O) groups excluding carboxylic acids is 1. The highest BCUT2D eigenvalue weighted by Crippen LogP contribution is 2.16. The molecule has 2 aliphatic rings. The van der Waals surface area contributed by atoms with Gasteiger partial charge in [0.05, 0.1) is 24.2 Å². The molecule has 0 unspecified atom stereocenters. The van der Waals surface area contributed by atoms with E-state index in [1.54, 1.807) is 4.57 Å². The van der Waals surface area contributed by atoms with Crippen molar-refractivity contribution >= 4 is 22.8 Å². The van der Waals surface area contributed by atoms with E-state index in [-0.39, 0.29) is 11.5 Å². The van der Waals surface area contributed by atoms with Crippen LogP contribution >= 0.6 is 0 Å². The third kappa shape index (κ3) is 3.83. The first-order valence-electron chi connectivity index (χ1n) is 9.84. The fraction of sp³-hybridized carbons (Fsp3) is 0.550. The maximum absolute atomic E-state index is 13.2. The Morgan fingerprint density at radius 1 is 1.04 bits per heavy atom. The Bertz CT molecular complexity index is 867. The summed E-state index contributed by atoms with van der Waals surface area (Å²) < 4.78 is 7.11. The van der Waals surface area contributed by atoms with Crippen LogP contribution in [0.2, 0.25) is 0 Å². The molecule has 0 saturated carbocycles. The van der Waals surface area contributed by atoms with Gasteiger partial charge in [-0.15, -0.1) is 0 Å². The third-order valence-corrected chi connectivity index (χ3v) is 5.40. The quantitative estimate of drug-likeness (QED) is 0.818. The van der Waals surface area contributed by atoms with Gasteiger partial charge in [-0.05, 0) is 31.4 Å². The van der Waals surface area contributed by atoms with Crippen LogP contribution in [-0.4, -0.2) is 59.8 Å². The van der Waals surface area contributed by atoms with E-state index >= 15 is 0 Å². The van der Waals surface area contributed by atoms with Gasteiger partial charge in [0.2, 0.25) is 5.91 Å². The van der Waals surface area contributed by atoms with Gasteiger partial charge in [0.25, 0.3) is 5.56 Å². The Labute approximate surface area is 158 Å². The first-order chi connectivity index (χ1) is 13.2. The molecule has 0 atom stereocenters. The standard InChI is InChI=1S/C20H26N4O3/c25-18(22-9-4-1-5-10-22)8-11-24-17-7-3-2-6-16(17)21-19(20(24)26)23-12-14-27-15-13-23/h2-3,6-7H,1,4-5,8-15H2. The zero-order valence-electron chi connectivity index (χ0n) is 15.6. The molecule has 144 valence electrons. The lowest BCUT2D eigenvalue weighted by molar-refractivity contribution is -0.132. The minimum absolute atomic E-state index is 0.123. The lowest BCUT2D eigenvalue weighted by Crippen LogP contribution is -2.41. The first-order valence-corrected chi connectivity index (χ1v) is 9.84. The molecule has 0 N–H and O–H groups in total. The van der Waals surface area contributed by atoms with Crippen molar-refractivity contribution in [3.8, 4) is 0 Å². The van der Waals surface area contributed by atoms with Gasteiger partial charge in [-0.1, -0.05) is 12.1 Å². The molecule has 2 saturated heterocycles. The molecule has 27 heavy (non-hydrogen) atoms. The predicted molar refractivity (Wildman–Crippen MR) is 104 cm³/mol. The van der Waals surface area contributed by atoms with Gasteiger partial charge in [0.1, 0.15) is 0 Å². The Balaban J connectivity index is 1.62. The fourth-order valence-electron chi connectivity index (χ4n) is 3.89. The largest absolute Gasteiger partial charge is 0.378 e. The van der Waals surface area contributed by atoms with Crippen molar-refractivity contribution in [3.05, 3.63) is 34.6 Å². The number of benzene rings is 1. The van der Waals surface area contributed by atoms with Gasteiger partial charge >= 0.3 is 0 Å². The van der Waals surface area contributed by atoms with Crippen LogP contribution in [0.25, 0.3) is 11.0 Å². The normalized spacial score (nSPS) is 18.1. The van der Waals surface area contributed by atoms with E-state index in [2.05, 4.69) is 4.98 Å². The maximum atomic E-state index is 13.2. The number of morpholine rings is 1. The Morgan fingerprint density at radius 2 is 1.78 bits per heavy atom. The van der Waals surface area contributed by atoms with Crippen molar-refractivity contribution in [1.29, 1.82) is 0 Å². The molecule has 3 heterocycles. The topological polar surface area (TPSA) is 67.7 Å². The molecule has 7 nitrogen and oxygen atoms in total. The fourth-order valence-corrected chi connectivity index (χ4v) is 3.89. The summed E-state index contributed by atoms with van der Waals surface area (Å²) in [6.07, 6.45) is 3.69. The SMILES string of the molecule is O=C(CCn1c(=O)c(N2CCOCC2)nc2ccccc21)N1CCCCC1. The van der Waals surface area contributed by atoms with E-state index in [0.29, 0.717) is 45.1 Å². The molecule has 0 spiro atoms. The second-order valence-corrected chi connectivity index (χ2v) is 7.17. The molecular weight excluding hydrogens is 344 g/mol. The minimum Gasteiger partial charge on any atom is -0.378 e. The van der Waals surface area contributed by atoms with Crippen LogP contribution < -0.4 is 10.5 Å². The van der Waals surface area contributed by atoms with Crippen molar-refractivity contribution in [2.75, 3.05) is 44.3 Å². The number of carbonyl (C=O) groups is 1. The van der Waals surface area contributed by atoms with Crippen molar-refractivity contribution < 1.29 is 9.53 Å². The minimum atomic E-state index is -0.123. The smallest absolute Gasteiger partial charge is 0.294 e. The second-order valence-electron chi connectivity index (χ2n) is 7.17. The highest BCUT2D eigenvalue weighted by atomic mass is 16.5. The number of aromatic nitrogens is 2. The van der Waals surface area contributed by atoms with Crippen molar-refractivity contribution in [3.63, 3.8) is 0 Å². The second kappa shape index (κ2) is 8.08. The van der Waals surface area contributed by atoms with Crippen LogP contribution in [0.4, 0.5) is 5.82 Å². The van der Waals surface area contributed by atoms with Gasteiger partial charge in [0, 0.05) is 39.1 Å². The van der Waals surface area contributed by atoms with E-state index in [1.807, 2.05) is 34.1 Å². The van der Waals surface area contributed by atoms with Crippen molar-refractivity contribution in [1.82, 2.24) is 14.5 Å². The molecule has 0 aliphatic carbocycles. The highest BCUT2D eigenvalue weighted by molar-refractivity contribution is 5.78. The van der Waals surface area contributed by atoms with Crippen LogP contribution in [0.15, 0.2) is 29.1 Å². The monoisotopic (exact) mass is 370 g/mol. The zero-order valence-corrected chi connectivity index (χ0v) is 15.6. The Hall–Kier alpha value is -2.41. The summed E-state index contributed by atoms with van der Waals surface area (Å²) in [7, 11) is 0. The van der Waals surface area contributed by atoms with Crippen molar-refractivity contribution in [2.45, 2.75) is 32.2 Å². The summed E-state index contributed by atoms with van der Waals surface area (Å²) >= 11 is 0. The van der Waals surface area contributed by atoms with Gasteiger partial charge in [-0.2, -0.15) is 0 Å². The summed E-state index contributed by atoms with van der Waals surface area (Å²) in [6, 6.07) is 7.65. The summed E-state index contributed by atoms with van der Waals surface area (Å²) in [5.74, 6) is 0.595. The number of fused-ring (bicyclic) bond motifs is 1. The van der Waals surface area contributed by atoms with Crippen LogP contribution in [0.5, 0.6) is 0 Å². The average Bonchev–Trinajstić information content (AvgIpc) is 2.74. The van der Waals surface area contributed by atoms with Crippen LogP contribution in [-0.2, 0) is 16.1 Å². The summed E-state index contributed by atoms with van der Waals surface area (Å²) in [5.41, 5.74) is 1.44. The van der Waals surface area contributed by atoms with Crippen molar-refractivity contribution in [2.24, 2.45) is 0 Å². The number of amides is 1. The molecular formula is C20H26N4O3. The lowest BCUT2D eigenvalue weighted by Gasteiger charge is -2.28. The first kappa shape index (κ1) is 18.0. The number of hydrogen-bond donors (Lipinski definition) is 0. The Kier molecular flexibility index (Phi) is 5.38. The molecule has 1 aromatic carbocycles. The number of anilines is 1. The molecule has 0 bridgehead atoms. The number of nitrogens with zero attached hydrogens (tertiary/aromatic N) is 4. The number of rotatable bonds is 4. The number of hydrogen-bond acceptors (Lipinski definition) is 5. The summed E-state index contributed by atoms with van der Waals surface area (Å²) in [6.45, 7) is 4.58. The molecule has 2 fully saturated rings. The molecule has 2 aromatic rings. The molecule has 7 heteroatoms. The number of ether oxygens (including phenoxy) is 1. The number of para-hydroxylation sites is 2. The lowest BCUT2D eigenvalue weighted by atomic mass is 10.1. The summed E-state index contributed by atoms with van der Waals surface area (Å²) in [4.78, 5) is 34.3. The predicted octanol–water partition coefficient (Wildman–Crippen LogP) is 1.64. The van der Waals surface area contributed by atoms with Gasteiger partial charge in [0.15, 0.2) is 5.82 Å². The van der Waals surface area contributed by atoms with E-state index in [1.165, 1.54) is 6.42 Å². The van der Waals surface area contributed by atoms with E-state index in [4.69, 9.17) is 4.74 Å². The third-order valence-electron chi connectivity index (χ3n) is 5.40. The van der Waals surface area contributed by atoms with E-state index in [9.17, 15) is 9.59 Å². The van der Waals surface area contributed by atoms with Crippen LogP contribution in [0, 0.1) is 0 Å². The number of piperidine rings is 1. The summed E-state index contributed by atoms with van der Waals surface area (Å²) in [5, 5.41) is 0. The Morgan fingerprint density at radius 3 is 2.56 bits per heavy atom. The molecule has 1 amide bonds. The number of likely N-dealkylation sites (tertiary alicyclic amines) is 1. The molecule has 0 radical (unpaired) electrons. The van der Waals surface area contributed by atoms with Gasteiger partial charge in [-0.3, -0.25) is 9.59 Å². The van der Waals surface area contributed by atoms with E-state index < -0.39 is 0 Å². The maximum Gasteiger partial charge on any atom is 0.294 e.